The first-order valence-electron chi connectivity index (χ1n) is 11.3. The Bertz CT molecular complexity index is 1470. The van der Waals surface area contributed by atoms with E-state index in [9.17, 15) is 14.4 Å². The highest BCUT2D eigenvalue weighted by molar-refractivity contribution is 5.81. The molecule has 0 spiro atoms. The SMILES string of the molecule is O=C(Cn1[nH]c(=O)c2ccccc2c1=O)NC[C@H]1CC2c3ccccc3C1c1ccccc12. The lowest BCUT2D eigenvalue weighted by Gasteiger charge is -2.45. The minimum absolute atomic E-state index is 0.215. The molecule has 3 aliphatic carbocycles. The zero-order valence-corrected chi connectivity index (χ0v) is 18.0. The van der Waals surface area contributed by atoms with Gasteiger partial charge < -0.3 is 5.32 Å². The zero-order chi connectivity index (χ0) is 22.5. The third kappa shape index (κ3) is 3.13. The van der Waals surface area contributed by atoms with Gasteiger partial charge in [-0.2, -0.15) is 0 Å². The minimum atomic E-state index is -0.379. The van der Waals surface area contributed by atoms with Crippen LogP contribution in [0.3, 0.4) is 0 Å². The molecule has 6 nitrogen and oxygen atoms in total. The van der Waals surface area contributed by atoms with Crippen molar-refractivity contribution in [3.63, 3.8) is 0 Å². The van der Waals surface area contributed by atoms with E-state index >= 15 is 0 Å². The summed E-state index contributed by atoms with van der Waals surface area (Å²) in [6.07, 6.45) is 0.978. The molecule has 33 heavy (non-hydrogen) atoms. The number of carbonyl (C=O) groups excluding carboxylic acids is 1. The van der Waals surface area contributed by atoms with Gasteiger partial charge in [-0.15, -0.1) is 0 Å². The van der Waals surface area contributed by atoms with Crippen LogP contribution in [0.4, 0.5) is 0 Å². The number of hydrogen-bond acceptors (Lipinski definition) is 3. The second kappa shape index (κ2) is 7.59. The van der Waals surface area contributed by atoms with Gasteiger partial charge in [0.05, 0.1) is 10.8 Å². The number of carbonyl (C=O) groups is 1. The van der Waals surface area contributed by atoms with E-state index in [0.717, 1.165) is 11.1 Å². The number of aromatic nitrogens is 2. The Kier molecular flexibility index (Phi) is 4.54. The van der Waals surface area contributed by atoms with Crippen LogP contribution in [-0.2, 0) is 11.3 Å². The maximum atomic E-state index is 12.8. The number of fused-ring (bicyclic) bond motifs is 2. The van der Waals surface area contributed by atoms with E-state index in [1.165, 1.54) is 22.3 Å². The Morgan fingerprint density at radius 1 is 0.848 bits per heavy atom. The predicted octanol–water partition coefficient (Wildman–Crippen LogP) is 3.10. The smallest absolute Gasteiger partial charge is 0.273 e. The average molecular weight is 437 g/mol. The summed E-state index contributed by atoms with van der Waals surface area (Å²) < 4.78 is 1.09. The van der Waals surface area contributed by atoms with Gasteiger partial charge in [0, 0.05) is 18.4 Å². The summed E-state index contributed by atoms with van der Waals surface area (Å²) in [5, 5.41) is 6.19. The lowest BCUT2D eigenvalue weighted by atomic mass is 9.59. The summed E-state index contributed by atoms with van der Waals surface area (Å²) in [4.78, 5) is 37.8. The molecule has 0 radical (unpaired) electrons. The van der Waals surface area contributed by atoms with Crippen LogP contribution in [0.2, 0.25) is 0 Å². The maximum Gasteiger partial charge on any atom is 0.273 e. The summed E-state index contributed by atoms with van der Waals surface area (Å²) in [6, 6.07) is 23.8. The molecule has 164 valence electrons. The molecule has 3 aliphatic rings. The lowest BCUT2D eigenvalue weighted by Crippen LogP contribution is -2.42. The molecule has 4 aromatic rings. The van der Waals surface area contributed by atoms with Gasteiger partial charge in [0.2, 0.25) is 5.91 Å². The van der Waals surface area contributed by atoms with Crippen molar-refractivity contribution in [3.8, 4) is 0 Å². The maximum absolute atomic E-state index is 12.8. The van der Waals surface area contributed by atoms with E-state index in [1.807, 2.05) is 0 Å². The molecule has 3 aromatic carbocycles. The van der Waals surface area contributed by atoms with Crippen LogP contribution in [0.1, 0.15) is 40.5 Å². The van der Waals surface area contributed by atoms with E-state index in [4.69, 9.17) is 0 Å². The van der Waals surface area contributed by atoms with Crippen molar-refractivity contribution in [1.82, 2.24) is 15.1 Å². The van der Waals surface area contributed by atoms with Gasteiger partial charge >= 0.3 is 0 Å². The molecule has 2 N–H and O–H groups in total. The largest absolute Gasteiger partial charge is 0.354 e. The second-order valence-electron chi connectivity index (χ2n) is 8.97. The van der Waals surface area contributed by atoms with Gasteiger partial charge in [0.1, 0.15) is 6.54 Å². The van der Waals surface area contributed by atoms with Crippen LogP contribution in [0.5, 0.6) is 0 Å². The molecule has 7 rings (SSSR count). The molecular weight excluding hydrogens is 414 g/mol. The van der Waals surface area contributed by atoms with Crippen molar-refractivity contribution >= 4 is 16.7 Å². The van der Waals surface area contributed by atoms with E-state index in [-0.39, 0.29) is 35.4 Å². The van der Waals surface area contributed by atoms with Crippen LogP contribution in [0.15, 0.2) is 82.4 Å². The zero-order valence-electron chi connectivity index (χ0n) is 18.0. The Labute approximate surface area is 189 Å². The topological polar surface area (TPSA) is 84.0 Å². The quantitative estimate of drug-likeness (QED) is 0.515. The van der Waals surface area contributed by atoms with Gasteiger partial charge in [-0.25, -0.2) is 4.68 Å². The Morgan fingerprint density at radius 3 is 2.09 bits per heavy atom. The molecule has 1 heterocycles. The highest BCUT2D eigenvalue weighted by Gasteiger charge is 2.42. The monoisotopic (exact) mass is 437 g/mol. The van der Waals surface area contributed by atoms with Crippen molar-refractivity contribution in [1.29, 1.82) is 0 Å². The number of nitrogens with one attached hydrogen (secondary N) is 2. The van der Waals surface area contributed by atoms with Crippen LogP contribution >= 0.6 is 0 Å². The molecule has 0 aliphatic heterocycles. The van der Waals surface area contributed by atoms with Gasteiger partial charge in [0.25, 0.3) is 11.1 Å². The second-order valence-corrected chi connectivity index (χ2v) is 8.97. The van der Waals surface area contributed by atoms with Crippen LogP contribution in [0, 0.1) is 5.92 Å². The Balaban J connectivity index is 1.24. The predicted molar refractivity (Wildman–Crippen MR) is 127 cm³/mol. The first-order valence-corrected chi connectivity index (χ1v) is 11.3. The Morgan fingerprint density at radius 2 is 1.42 bits per heavy atom. The minimum Gasteiger partial charge on any atom is -0.354 e. The third-order valence-electron chi connectivity index (χ3n) is 7.17. The summed E-state index contributed by atoms with van der Waals surface area (Å²) in [5.74, 6) is 0.567. The molecule has 1 amide bonds. The fourth-order valence-corrected chi connectivity index (χ4v) is 5.76. The average Bonchev–Trinajstić information content (AvgIpc) is 2.86. The van der Waals surface area contributed by atoms with Crippen molar-refractivity contribution in [2.75, 3.05) is 6.54 Å². The van der Waals surface area contributed by atoms with Crippen molar-refractivity contribution in [2.45, 2.75) is 24.8 Å². The van der Waals surface area contributed by atoms with E-state index in [1.54, 1.807) is 24.3 Å². The van der Waals surface area contributed by atoms with E-state index in [0.29, 0.717) is 23.2 Å². The summed E-state index contributed by atoms with van der Waals surface area (Å²) in [6.45, 7) is 0.308. The van der Waals surface area contributed by atoms with Crippen molar-refractivity contribution in [3.05, 3.63) is 116 Å². The van der Waals surface area contributed by atoms with Crippen molar-refractivity contribution < 1.29 is 4.79 Å². The highest BCUT2D eigenvalue weighted by Crippen LogP contribution is 2.55. The van der Waals surface area contributed by atoms with Crippen LogP contribution < -0.4 is 16.4 Å². The number of rotatable bonds is 4. The number of amides is 1. The van der Waals surface area contributed by atoms with Crippen LogP contribution in [0.25, 0.3) is 10.8 Å². The van der Waals surface area contributed by atoms with Gasteiger partial charge in [-0.1, -0.05) is 60.7 Å². The fraction of sp³-hybridized carbons (Fsp3) is 0.222. The van der Waals surface area contributed by atoms with Crippen molar-refractivity contribution in [2.24, 2.45) is 5.92 Å². The van der Waals surface area contributed by atoms with Gasteiger partial charge in [-0.3, -0.25) is 19.5 Å². The van der Waals surface area contributed by atoms with E-state index in [2.05, 4.69) is 58.9 Å². The van der Waals surface area contributed by atoms with E-state index < -0.39 is 0 Å². The molecule has 0 saturated heterocycles. The molecule has 0 fully saturated rings. The normalized spacial score (nSPS) is 20.3. The summed E-state index contributed by atoms with van der Waals surface area (Å²) >= 11 is 0. The number of nitrogens with zero attached hydrogens (tertiary/aromatic N) is 1. The first kappa shape index (κ1) is 19.7. The van der Waals surface area contributed by atoms with Gasteiger partial charge in [0.15, 0.2) is 0 Å². The molecule has 0 saturated carbocycles. The lowest BCUT2D eigenvalue weighted by molar-refractivity contribution is -0.122. The number of hydrogen-bond donors (Lipinski definition) is 2. The number of benzene rings is 3. The molecule has 1 atom stereocenters. The number of aromatic amines is 1. The van der Waals surface area contributed by atoms with Gasteiger partial charge in [-0.05, 0) is 46.7 Å². The fourth-order valence-electron chi connectivity index (χ4n) is 5.76. The van der Waals surface area contributed by atoms with Crippen LogP contribution in [-0.4, -0.2) is 22.2 Å². The standard InChI is InChI=1S/C27H23N3O3/c31-24(15-30-27(33)22-12-6-5-11-21(22)26(32)29-30)28-14-16-13-23-17-7-1-3-9-19(17)25(16)20-10-4-2-8-18(20)23/h1-12,16,23,25H,13-15H2,(H,28,31)(H,29,32)/t16-,23?,25?/m1/s1. The molecular formula is C27H23N3O3. The molecule has 2 bridgehead atoms. The summed E-state index contributed by atoms with van der Waals surface area (Å²) in [5.41, 5.74) is 4.73. The Hall–Kier alpha value is -3.93. The highest BCUT2D eigenvalue weighted by atomic mass is 16.2. The first-order chi connectivity index (χ1) is 16.1. The summed E-state index contributed by atoms with van der Waals surface area (Å²) in [7, 11) is 0. The molecule has 0 unspecified atom stereocenters. The molecule has 6 heteroatoms. The number of H-pyrrole nitrogens is 1. The molecule has 1 aromatic heterocycles. The third-order valence-corrected chi connectivity index (χ3v) is 7.17.